The first-order chi connectivity index (χ1) is 13.7. The molecule has 2 aliphatic heterocycles. The standard InChI is InChI=1S/C23H26N4O/c1-3-27-22-11-7-10-21(19(22)12-24-27)26-14-18-13-25(15-20(18)23(26)28)16(2)17-8-5-4-6-9-17/h4-12,16,18,20H,3,13-15H2,1-2H3/t16-,18+,20+/m1/s1. The number of nitrogens with zero attached hydrogens (tertiary/aromatic N) is 4. The van der Waals surface area contributed by atoms with Crippen molar-refractivity contribution in [2.24, 2.45) is 11.8 Å². The van der Waals surface area contributed by atoms with Gasteiger partial charge in [0.2, 0.25) is 5.91 Å². The molecule has 0 unspecified atom stereocenters. The van der Waals surface area contributed by atoms with Gasteiger partial charge in [0.05, 0.1) is 23.3 Å². The Labute approximate surface area is 165 Å². The molecule has 2 fully saturated rings. The van der Waals surface area contributed by atoms with Crippen LogP contribution < -0.4 is 4.90 Å². The number of likely N-dealkylation sites (tertiary alicyclic amines) is 1. The summed E-state index contributed by atoms with van der Waals surface area (Å²) in [6.45, 7) is 7.80. The highest BCUT2D eigenvalue weighted by Gasteiger charge is 2.47. The number of anilines is 1. The van der Waals surface area contributed by atoms with Crippen LogP contribution in [0, 0.1) is 11.8 Å². The lowest BCUT2D eigenvalue weighted by atomic mass is 10.0. The van der Waals surface area contributed by atoms with Crippen molar-refractivity contribution in [3.63, 3.8) is 0 Å². The van der Waals surface area contributed by atoms with Gasteiger partial charge in [0, 0.05) is 43.5 Å². The minimum absolute atomic E-state index is 0.0997. The highest BCUT2D eigenvalue weighted by molar-refractivity contribution is 6.05. The van der Waals surface area contributed by atoms with Crippen LogP contribution in [-0.2, 0) is 11.3 Å². The second-order valence-corrected chi connectivity index (χ2v) is 8.03. The molecular formula is C23H26N4O. The van der Waals surface area contributed by atoms with E-state index in [2.05, 4.69) is 66.3 Å². The smallest absolute Gasteiger partial charge is 0.231 e. The first-order valence-corrected chi connectivity index (χ1v) is 10.2. The Morgan fingerprint density at radius 3 is 2.64 bits per heavy atom. The van der Waals surface area contributed by atoms with Crippen molar-refractivity contribution in [1.82, 2.24) is 14.7 Å². The number of aromatic nitrogens is 2. The first kappa shape index (κ1) is 17.4. The van der Waals surface area contributed by atoms with E-state index in [1.807, 2.05) is 21.8 Å². The highest BCUT2D eigenvalue weighted by Crippen LogP contribution is 2.40. The fraction of sp³-hybridized carbons (Fsp3) is 0.391. The van der Waals surface area contributed by atoms with Crippen LogP contribution in [0.25, 0.3) is 10.9 Å². The van der Waals surface area contributed by atoms with Gasteiger partial charge in [-0.3, -0.25) is 14.4 Å². The molecule has 2 saturated heterocycles. The Morgan fingerprint density at radius 2 is 1.89 bits per heavy atom. The third kappa shape index (κ3) is 2.65. The molecule has 144 valence electrons. The van der Waals surface area contributed by atoms with E-state index in [1.54, 1.807) is 0 Å². The summed E-state index contributed by atoms with van der Waals surface area (Å²) in [6.07, 6.45) is 1.90. The summed E-state index contributed by atoms with van der Waals surface area (Å²) in [5, 5.41) is 5.56. The van der Waals surface area contributed by atoms with Crippen LogP contribution in [0.4, 0.5) is 5.69 Å². The average molecular weight is 374 g/mol. The molecule has 5 nitrogen and oxygen atoms in total. The van der Waals surface area contributed by atoms with E-state index >= 15 is 0 Å². The van der Waals surface area contributed by atoms with Crippen molar-refractivity contribution in [3.05, 3.63) is 60.3 Å². The van der Waals surface area contributed by atoms with Gasteiger partial charge in [0.1, 0.15) is 0 Å². The highest BCUT2D eigenvalue weighted by atomic mass is 16.2. The second kappa shape index (κ2) is 6.74. The van der Waals surface area contributed by atoms with Crippen molar-refractivity contribution >= 4 is 22.5 Å². The zero-order chi connectivity index (χ0) is 19.3. The van der Waals surface area contributed by atoms with Crippen LogP contribution in [0.5, 0.6) is 0 Å². The van der Waals surface area contributed by atoms with E-state index in [0.29, 0.717) is 12.0 Å². The molecule has 2 aromatic carbocycles. The van der Waals surface area contributed by atoms with Crippen LogP contribution in [0.15, 0.2) is 54.7 Å². The predicted molar refractivity (Wildman–Crippen MR) is 111 cm³/mol. The van der Waals surface area contributed by atoms with Gasteiger partial charge in [0.15, 0.2) is 0 Å². The Hall–Kier alpha value is -2.66. The summed E-state index contributed by atoms with van der Waals surface area (Å²) in [5.41, 5.74) is 3.44. The molecule has 2 aliphatic rings. The average Bonchev–Trinajstić information content (AvgIpc) is 3.42. The minimum atomic E-state index is 0.0997. The number of aryl methyl sites for hydroxylation is 1. The van der Waals surface area contributed by atoms with Gasteiger partial charge >= 0.3 is 0 Å². The molecule has 5 heteroatoms. The quantitative estimate of drug-likeness (QED) is 0.699. The predicted octanol–water partition coefficient (Wildman–Crippen LogP) is 3.71. The number of hydrogen-bond acceptors (Lipinski definition) is 3. The maximum absolute atomic E-state index is 13.3. The third-order valence-corrected chi connectivity index (χ3v) is 6.55. The third-order valence-electron chi connectivity index (χ3n) is 6.55. The van der Waals surface area contributed by atoms with Gasteiger partial charge in [-0.1, -0.05) is 36.4 Å². The van der Waals surface area contributed by atoms with Crippen molar-refractivity contribution in [2.75, 3.05) is 24.5 Å². The summed E-state index contributed by atoms with van der Waals surface area (Å²) < 4.78 is 1.99. The number of benzene rings is 2. The molecule has 0 saturated carbocycles. The van der Waals surface area contributed by atoms with Crippen molar-refractivity contribution in [2.45, 2.75) is 26.4 Å². The van der Waals surface area contributed by atoms with Gasteiger partial charge in [-0.15, -0.1) is 0 Å². The summed E-state index contributed by atoms with van der Waals surface area (Å²) in [4.78, 5) is 17.8. The topological polar surface area (TPSA) is 41.4 Å². The lowest BCUT2D eigenvalue weighted by Crippen LogP contribution is -2.34. The number of amides is 1. The van der Waals surface area contributed by atoms with E-state index < -0.39 is 0 Å². The summed E-state index contributed by atoms with van der Waals surface area (Å²) in [7, 11) is 0. The number of rotatable bonds is 4. The van der Waals surface area contributed by atoms with Gasteiger partial charge in [-0.05, 0) is 31.5 Å². The fourth-order valence-corrected chi connectivity index (χ4v) is 4.95. The van der Waals surface area contributed by atoms with Gasteiger partial charge in [-0.25, -0.2) is 0 Å². The molecule has 0 aliphatic carbocycles. The molecule has 3 heterocycles. The number of hydrogen-bond donors (Lipinski definition) is 0. The molecule has 28 heavy (non-hydrogen) atoms. The van der Waals surface area contributed by atoms with E-state index in [-0.39, 0.29) is 11.8 Å². The molecule has 0 radical (unpaired) electrons. The van der Waals surface area contributed by atoms with Crippen LogP contribution >= 0.6 is 0 Å². The monoisotopic (exact) mass is 374 g/mol. The van der Waals surface area contributed by atoms with Gasteiger partial charge in [-0.2, -0.15) is 5.10 Å². The van der Waals surface area contributed by atoms with E-state index in [0.717, 1.165) is 42.8 Å². The Morgan fingerprint density at radius 1 is 1.07 bits per heavy atom. The molecule has 3 atom stereocenters. The van der Waals surface area contributed by atoms with Gasteiger partial charge in [0.25, 0.3) is 0 Å². The Bertz CT molecular complexity index is 1010. The summed E-state index contributed by atoms with van der Waals surface area (Å²) in [5.74, 6) is 0.766. The minimum Gasteiger partial charge on any atom is -0.311 e. The van der Waals surface area contributed by atoms with E-state index in [4.69, 9.17) is 0 Å². The lowest BCUT2D eigenvalue weighted by molar-refractivity contribution is -0.120. The van der Waals surface area contributed by atoms with Crippen LogP contribution in [0.2, 0.25) is 0 Å². The molecule has 1 aromatic heterocycles. The van der Waals surface area contributed by atoms with E-state index in [1.165, 1.54) is 5.56 Å². The zero-order valence-corrected chi connectivity index (χ0v) is 16.5. The molecule has 0 bridgehead atoms. The maximum Gasteiger partial charge on any atom is 0.231 e. The number of carbonyl (C=O) groups is 1. The lowest BCUT2D eigenvalue weighted by Gasteiger charge is -2.27. The van der Waals surface area contributed by atoms with E-state index in [9.17, 15) is 4.79 Å². The van der Waals surface area contributed by atoms with Crippen LogP contribution in [0.1, 0.15) is 25.5 Å². The molecule has 5 rings (SSSR count). The number of carbonyl (C=O) groups excluding carboxylic acids is 1. The van der Waals surface area contributed by atoms with Gasteiger partial charge < -0.3 is 4.90 Å². The summed E-state index contributed by atoms with van der Waals surface area (Å²) >= 11 is 0. The van der Waals surface area contributed by atoms with Crippen molar-refractivity contribution in [3.8, 4) is 0 Å². The molecule has 1 amide bonds. The maximum atomic E-state index is 13.3. The molecule has 3 aromatic rings. The van der Waals surface area contributed by atoms with Crippen LogP contribution in [0.3, 0.4) is 0 Å². The van der Waals surface area contributed by atoms with Crippen molar-refractivity contribution in [1.29, 1.82) is 0 Å². The second-order valence-electron chi connectivity index (χ2n) is 8.03. The fourth-order valence-electron chi connectivity index (χ4n) is 4.95. The summed E-state index contributed by atoms with van der Waals surface area (Å²) in [6, 6.07) is 17.1. The SMILES string of the molecule is CCn1ncc2c(N3C[C@@H]4CN([C@H](C)c5ccccc5)C[C@@H]4C3=O)cccc21. The Balaban J connectivity index is 1.38. The largest absolute Gasteiger partial charge is 0.311 e. The van der Waals surface area contributed by atoms with Crippen molar-refractivity contribution < 1.29 is 4.79 Å². The van der Waals surface area contributed by atoms with Crippen LogP contribution in [-0.4, -0.2) is 40.2 Å². The Kier molecular flexibility index (Phi) is 4.20. The number of fused-ring (bicyclic) bond motifs is 2. The molecular weight excluding hydrogens is 348 g/mol. The normalized spacial score (nSPS) is 23.5. The first-order valence-electron chi connectivity index (χ1n) is 10.2. The molecule has 0 spiro atoms. The molecule has 0 N–H and O–H groups in total. The zero-order valence-electron chi connectivity index (χ0n) is 16.5.